The van der Waals surface area contributed by atoms with Crippen LogP contribution in [0, 0.1) is 5.92 Å². The summed E-state index contributed by atoms with van der Waals surface area (Å²) in [5.41, 5.74) is 10.5. The summed E-state index contributed by atoms with van der Waals surface area (Å²) in [7, 11) is 0. The fourth-order valence-electron chi connectivity index (χ4n) is 4.11. The molecule has 148 valence electrons. The zero-order chi connectivity index (χ0) is 19.8. The average Bonchev–Trinajstić information content (AvgIpc) is 3.46. The fraction of sp³-hybridized carbons (Fsp3) is 0.455. The van der Waals surface area contributed by atoms with Gasteiger partial charge in [-0.15, -0.1) is 0 Å². The van der Waals surface area contributed by atoms with E-state index in [1.807, 2.05) is 30.3 Å². The van der Waals surface area contributed by atoms with E-state index in [-0.39, 0.29) is 6.03 Å². The van der Waals surface area contributed by atoms with Gasteiger partial charge in [-0.2, -0.15) is 0 Å². The summed E-state index contributed by atoms with van der Waals surface area (Å²) in [6.45, 7) is 6.53. The second-order valence-electron chi connectivity index (χ2n) is 8.24. The highest BCUT2D eigenvalue weighted by molar-refractivity contribution is 6.02. The number of benzene rings is 1. The molecule has 1 aromatic heterocycles. The van der Waals surface area contributed by atoms with Crippen molar-refractivity contribution < 1.29 is 9.59 Å². The lowest BCUT2D eigenvalue weighted by atomic mass is 9.98. The molecule has 1 aromatic carbocycles. The number of carbonyl (C=O) groups is 2. The van der Waals surface area contributed by atoms with E-state index in [2.05, 4.69) is 23.7 Å². The maximum atomic E-state index is 12.6. The standard InChI is InChI=1S/C22H28N4O2/c1-14(2)12-24-22(28)25-10-11-26-17(13-25)19(21(23)27)18(20(26)16-8-9-16)15-6-4-3-5-7-15/h3-7,14,16H,8-13H2,1-2H3,(H2,23,27)(H,24,28). The molecule has 1 aliphatic carbocycles. The highest BCUT2D eigenvalue weighted by Gasteiger charge is 2.38. The van der Waals surface area contributed by atoms with Gasteiger partial charge in [-0.05, 0) is 30.2 Å². The van der Waals surface area contributed by atoms with Gasteiger partial charge in [-0.3, -0.25) is 4.79 Å². The van der Waals surface area contributed by atoms with E-state index in [0.717, 1.165) is 29.7 Å². The van der Waals surface area contributed by atoms with Crippen molar-refractivity contribution in [3.05, 3.63) is 47.3 Å². The van der Waals surface area contributed by atoms with E-state index in [0.29, 0.717) is 43.6 Å². The summed E-state index contributed by atoms with van der Waals surface area (Å²) in [4.78, 5) is 26.9. The van der Waals surface area contributed by atoms with E-state index in [9.17, 15) is 9.59 Å². The van der Waals surface area contributed by atoms with Crippen LogP contribution in [0.3, 0.4) is 0 Å². The molecule has 0 radical (unpaired) electrons. The van der Waals surface area contributed by atoms with E-state index in [4.69, 9.17) is 5.73 Å². The van der Waals surface area contributed by atoms with Crippen molar-refractivity contribution in [1.29, 1.82) is 0 Å². The van der Waals surface area contributed by atoms with Crippen molar-refractivity contribution in [2.75, 3.05) is 13.1 Å². The summed E-state index contributed by atoms with van der Waals surface area (Å²) >= 11 is 0. The van der Waals surface area contributed by atoms with Crippen LogP contribution in [0.2, 0.25) is 0 Å². The van der Waals surface area contributed by atoms with Gasteiger partial charge in [0.05, 0.1) is 17.8 Å². The van der Waals surface area contributed by atoms with E-state index >= 15 is 0 Å². The molecular formula is C22H28N4O2. The topological polar surface area (TPSA) is 80.4 Å². The van der Waals surface area contributed by atoms with Crippen molar-refractivity contribution in [2.24, 2.45) is 11.7 Å². The Morgan fingerprint density at radius 3 is 2.50 bits per heavy atom. The second-order valence-corrected chi connectivity index (χ2v) is 8.24. The zero-order valence-electron chi connectivity index (χ0n) is 16.6. The molecule has 3 N–H and O–H groups in total. The number of carbonyl (C=O) groups excluding carboxylic acids is 2. The van der Waals surface area contributed by atoms with Crippen molar-refractivity contribution in [1.82, 2.24) is 14.8 Å². The van der Waals surface area contributed by atoms with E-state index in [1.165, 1.54) is 5.69 Å². The van der Waals surface area contributed by atoms with Gasteiger partial charge in [0.15, 0.2) is 0 Å². The van der Waals surface area contributed by atoms with Crippen LogP contribution in [0.1, 0.15) is 54.4 Å². The summed E-state index contributed by atoms with van der Waals surface area (Å²) in [6, 6.07) is 9.93. The van der Waals surface area contributed by atoms with Gasteiger partial charge in [-0.1, -0.05) is 44.2 Å². The first-order valence-corrected chi connectivity index (χ1v) is 10.1. The first kappa shape index (κ1) is 18.6. The minimum absolute atomic E-state index is 0.0780. The highest BCUT2D eigenvalue weighted by Crippen LogP contribution is 2.48. The molecule has 0 saturated heterocycles. The Morgan fingerprint density at radius 2 is 1.89 bits per heavy atom. The van der Waals surface area contributed by atoms with Crippen LogP contribution in [0.5, 0.6) is 0 Å². The Hall–Kier alpha value is -2.76. The summed E-state index contributed by atoms with van der Waals surface area (Å²) in [5.74, 6) is 0.451. The molecule has 0 bridgehead atoms. The predicted octanol–water partition coefficient (Wildman–Crippen LogP) is 3.31. The van der Waals surface area contributed by atoms with Gasteiger partial charge < -0.3 is 20.5 Å². The van der Waals surface area contributed by atoms with Gasteiger partial charge in [-0.25, -0.2) is 4.79 Å². The van der Waals surface area contributed by atoms with Crippen LogP contribution in [-0.2, 0) is 13.1 Å². The minimum atomic E-state index is -0.418. The van der Waals surface area contributed by atoms with Gasteiger partial charge in [0.25, 0.3) is 5.91 Å². The number of amides is 3. The molecular weight excluding hydrogens is 352 g/mol. The number of nitrogens with zero attached hydrogens (tertiary/aromatic N) is 2. The molecule has 1 fully saturated rings. The van der Waals surface area contributed by atoms with Gasteiger partial charge >= 0.3 is 6.03 Å². The third-order valence-electron chi connectivity index (χ3n) is 5.57. The van der Waals surface area contributed by atoms with Crippen molar-refractivity contribution >= 4 is 11.9 Å². The molecule has 0 atom stereocenters. The SMILES string of the molecule is CC(C)CNC(=O)N1CCn2c(c(C(N)=O)c(-c3ccccc3)c2C2CC2)C1. The third kappa shape index (κ3) is 3.39. The zero-order valence-corrected chi connectivity index (χ0v) is 16.6. The van der Waals surface area contributed by atoms with Crippen molar-refractivity contribution in [3.63, 3.8) is 0 Å². The molecule has 0 spiro atoms. The molecule has 2 aromatic rings. The van der Waals surface area contributed by atoms with E-state index < -0.39 is 5.91 Å². The van der Waals surface area contributed by atoms with Crippen molar-refractivity contribution in [2.45, 2.75) is 45.7 Å². The van der Waals surface area contributed by atoms with Crippen LogP contribution in [0.4, 0.5) is 4.79 Å². The number of fused-ring (bicyclic) bond motifs is 1. The molecule has 6 nitrogen and oxygen atoms in total. The molecule has 2 aliphatic rings. The quantitative estimate of drug-likeness (QED) is 0.834. The lowest BCUT2D eigenvalue weighted by Gasteiger charge is -2.30. The van der Waals surface area contributed by atoms with Gasteiger partial charge in [0, 0.05) is 30.9 Å². The lowest BCUT2D eigenvalue weighted by Crippen LogP contribution is -2.45. The maximum absolute atomic E-state index is 12.6. The Kier molecular flexibility index (Phi) is 4.87. The van der Waals surface area contributed by atoms with Gasteiger partial charge in [0.1, 0.15) is 0 Å². The number of hydrogen-bond acceptors (Lipinski definition) is 2. The Bertz CT molecular complexity index is 897. The number of nitrogens with one attached hydrogen (secondary N) is 1. The normalized spacial score (nSPS) is 16.2. The minimum Gasteiger partial charge on any atom is -0.366 e. The molecule has 0 unspecified atom stereocenters. The summed E-state index contributed by atoms with van der Waals surface area (Å²) in [5, 5.41) is 2.98. The fourth-order valence-corrected chi connectivity index (χ4v) is 4.11. The number of aromatic nitrogens is 1. The smallest absolute Gasteiger partial charge is 0.317 e. The summed E-state index contributed by atoms with van der Waals surface area (Å²) < 4.78 is 2.26. The molecule has 28 heavy (non-hydrogen) atoms. The summed E-state index contributed by atoms with van der Waals surface area (Å²) in [6.07, 6.45) is 2.28. The first-order chi connectivity index (χ1) is 13.5. The number of urea groups is 1. The molecule has 3 amide bonds. The van der Waals surface area contributed by atoms with Crippen LogP contribution in [0.15, 0.2) is 30.3 Å². The van der Waals surface area contributed by atoms with Crippen LogP contribution >= 0.6 is 0 Å². The van der Waals surface area contributed by atoms with Crippen LogP contribution < -0.4 is 11.1 Å². The lowest BCUT2D eigenvalue weighted by molar-refractivity contribution is 0.0997. The Morgan fingerprint density at radius 1 is 1.18 bits per heavy atom. The average molecular weight is 380 g/mol. The molecule has 1 saturated carbocycles. The maximum Gasteiger partial charge on any atom is 0.317 e. The molecule has 2 heterocycles. The number of rotatable bonds is 5. The monoisotopic (exact) mass is 380 g/mol. The number of nitrogens with two attached hydrogens (primary N) is 1. The Balaban J connectivity index is 1.75. The van der Waals surface area contributed by atoms with Crippen molar-refractivity contribution in [3.8, 4) is 11.1 Å². The second kappa shape index (κ2) is 7.34. The molecule has 1 aliphatic heterocycles. The Labute approximate surface area is 165 Å². The largest absolute Gasteiger partial charge is 0.366 e. The van der Waals surface area contributed by atoms with Crippen LogP contribution in [0.25, 0.3) is 11.1 Å². The molecule has 4 rings (SSSR count). The predicted molar refractivity (Wildman–Crippen MR) is 109 cm³/mol. The third-order valence-corrected chi connectivity index (χ3v) is 5.57. The number of primary amides is 1. The number of hydrogen-bond donors (Lipinski definition) is 2. The van der Waals surface area contributed by atoms with E-state index in [1.54, 1.807) is 4.90 Å². The molecule has 6 heteroatoms. The van der Waals surface area contributed by atoms with Gasteiger partial charge in [0.2, 0.25) is 0 Å². The van der Waals surface area contributed by atoms with Crippen LogP contribution in [-0.4, -0.2) is 34.5 Å². The highest BCUT2D eigenvalue weighted by atomic mass is 16.2. The first-order valence-electron chi connectivity index (χ1n) is 10.1.